The average Bonchev–Trinajstić information content (AvgIpc) is 3.09. The first-order valence-electron chi connectivity index (χ1n) is 7.81. The van der Waals surface area contributed by atoms with Gasteiger partial charge in [0, 0.05) is 12.6 Å². The lowest BCUT2D eigenvalue weighted by atomic mass is 10.00. The van der Waals surface area contributed by atoms with E-state index in [1.165, 1.54) is 12.8 Å². The van der Waals surface area contributed by atoms with Crippen LogP contribution in [0, 0.1) is 17.8 Å². The van der Waals surface area contributed by atoms with Gasteiger partial charge in [-0.1, -0.05) is 13.3 Å². The van der Waals surface area contributed by atoms with Gasteiger partial charge in [0.2, 0.25) is 11.8 Å². The van der Waals surface area contributed by atoms with Gasteiger partial charge in [-0.2, -0.15) is 0 Å². The van der Waals surface area contributed by atoms with Gasteiger partial charge in [-0.05, 0) is 44.6 Å². The highest BCUT2D eigenvalue weighted by Gasteiger charge is 2.50. The molecule has 0 aromatic carbocycles. The summed E-state index contributed by atoms with van der Waals surface area (Å²) in [4.78, 5) is 26.2. The first-order valence-corrected chi connectivity index (χ1v) is 7.81. The van der Waals surface area contributed by atoms with E-state index in [1.807, 2.05) is 0 Å². The zero-order chi connectivity index (χ0) is 13.4. The third kappa shape index (κ3) is 2.42. The van der Waals surface area contributed by atoms with Crippen molar-refractivity contribution in [2.75, 3.05) is 13.1 Å². The Morgan fingerprint density at radius 1 is 1.16 bits per heavy atom. The SMILES string of the molecule is CCCNC(CN1C(=O)C2CCCC2C1=O)C1CC1. The number of amides is 2. The van der Waals surface area contributed by atoms with E-state index in [2.05, 4.69) is 12.2 Å². The molecule has 19 heavy (non-hydrogen) atoms. The number of carbonyl (C=O) groups excluding carboxylic acids is 2. The summed E-state index contributed by atoms with van der Waals surface area (Å²) in [5, 5.41) is 3.52. The Kier molecular flexibility index (Phi) is 3.61. The molecule has 3 rings (SSSR count). The summed E-state index contributed by atoms with van der Waals surface area (Å²) < 4.78 is 0. The van der Waals surface area contributed by atoms with E-state index in [4.69, 9.17) is 0 Å². The highest BCUT2D eigenvalue weighted by molar-refractivity contribution is 6.05. The average molecular weight is 264 g/mol. The predicted molar refractivity (Wildman–Crippen MR) is 72.4 cm³/mol. The molecule has 0 aromatic heterocycles. The Labute approximate surface area is 114 Å². The molecule has 3 fully saturated rings. The largest absolute Gasteiger partial charge is 0.312 e. The zero-order valence-electron chi connectivity index (χ0n) is 11.7. The second-order valence-electron chi connectivity index (χ2n) is 6.33. The van der Waals surface area contributed by atoms with Gasteiger partial charge in [-0.15, -0.1) is 0 Å². The van der Waals surface area contributed by atoms with Crippen LogP contribution >= 0.6 is 0 Å². The maximum Gasteiger partial charge on any atom is 0.233 e. The normalized spacial score (nSPS) is 31.9. The minimum Gasteiger partial charge on any atom is -0.312 e. The molecule has 3 aliphatic rings. The van der Waals surface area contributed by atoms with Crippen molar-refractivity contribution < 1.29 is 9.59 Å². The Morgan fingerprint density at radius 3 is 2.32 bits per heavy atom. The summed E-state index contributed by atoms with van der Waals surface area (Å²) in [5.41, 5.74) is 0. The second kappa shape index (κ2) is 5.23. The fourth-order valence-corrected chi connectivity index (χ4v) is 3.65. The molecular weight excluding hydrogens is 240 g/mol. The lowest BCUT2D eigenvalue weighted by Crippen LogP contribution is -2.45. The van der Waals surface area contributed by atoms with Crippen molar-refractivity contribution in [3.8, 4) is 0 Å². The van der Waals surface area contributed by atoms with Crippen LogP contribution in [-0.4, -0.2) is 35.8 Å². The van der Waals surface area contributed by atoms with E-state index in [0.717, 1.165) is 32.2 Å². The predicted octanol–water partition coefficient (Wildman–Crippen LogP) is 1.55. The number of nitrogens with zero attached hydrogens (tertiary/aromatic N) is 1. The molecule has 3 atom stereocenters. The van der Waals surface area contributed by atoms with E-state index in [1.54, 1.807) is 4.90 Å². The molecule has 1 heterocycles. The molecule has 0 spiro atoms. The minimum absolute atomic E-state index is 0.0125. The van der Waals surface area contributed by atoms with Crippen molar-refractivity contribution in [2.45, 2.75) is 51.5 Å². The number of fused-ring (bicyclic) bond motifs is 1. The highest BCUT2D eigenvalue weighted by atomic mass is 16.2. The molecule has 106 valence electrons. The molecule has 4 heteroatoms. The third-order valence-corrected chi connectivity index (χ3v) is 4.91. The lowest BCUT2D eigenvalue weighted by molar-refractivity contribution is -0.140. The molecule has 0 bridgehead atoms. The first kappa shape index (κ1) is 13.1. The van der Waals surface area contributed by atoms with Crippen LogP contribution in [0.25, 0.3) is 0 Å². The van der Waals surface area contributed by atoms with Gasteiger partial charge in [0.1, 0.15) is 0 Å². The Hall–Kier alpha value is -0.900. The quantitative estimate of drug-likeness (QED) is 0.741. The van der Waals surface area contributed by atoms with Crippen molar-refractivity contribution in [1.29, 1.82) is 0 Å². The van der Waals surface area contributed by atoms with Gasteiger partial charge in [-0.3, -0.25) is 14.5 Å². The van der Waals surface area contributed by atoms with Gasteiger partial charge in [0.05, 0.1) is 11.8 Å². The Bertz CT molecular complexity index is 356. The van der Waals surface area contributed by atoms with E-state index in [-0.39, 0.29) is 23.7 Å². The molecular formula is C15H24N2O2. The fourth-order valence-electron chi connectivity index (χ4n) is 3.65. The summed E-state index contributed by atoms with van der Waals surface area (Å²) in [6.45, 7) is 3.73. The van der Waals surface area contributed by atoms with Crippen molar-refractivity contribution in [2.24, 2.45) is 17.8 Å². The maximum absolute atomic E-state index is 12.3. The van der Waals surface area contributed by atoms with E-state index >= 15 is 0 Å². The molecule has 1 saturated heterocycles. The molecule has 3 unspecified atom stereocenters. The highest BCUT2D eigenvalue weighted by Crippen LogP contribution is 2.41. The molecule has 2 amide bonds. The third-order valence-electron chi connectivity index (χ3n) is 4.91. The molecule has 0 radical (unpaired) electrons. The van der Waals surface area contributed by atoms with Gasteiger partial charge in [0.25, 0.3) is 0 Å². The van der Waals surface area contributed by atoms with Crippen molar-refractivity contribution in [3.63, 3.8) is 0 Å². The molecule has 1 aliphatic heterocycles. The van der Waals surface area contributed by atoms with Crippen LogP contribution in [0.4, 0.5) is 0 Å². The van der Waals surface area contributed by atoms with Crippen molar-refractivity contribution in [1.82, 2.24) is 10.2 Å². The molecule has 4 nitrogen and oxygen atoms in total. The van der Waals surface area contributed by atoms with Crippen LogP contribution in [-0.2, 0) is 9.59 Å². The van der Waals surface area contributed by atoms with Gasteiger partial charge in [-0.25, -0.2) is 0 Å². The van der Waals surface area contributed by atoms with Crippen LogP contribution < -0.4 is 5.32 Å². The summed E-state index contributed by atoms with van der Waals surface area (Å²) >= 11 is 0. The van der Waals surface area contributed by atoms with Crippen molar-refractivity contribution >= 4 is 11.8 Å². The molecule has 2 aliphatic carbocycles. The van der Waals surface area contributed by atoms with Gasteiger partial charge >= 0.3 is 0 Å². The van der Waals surface area contributed by atoms with E-state index in [9.17, 15) is 9.59 Å². The number of imide groups is 1. The number of hydrogen-bond donors (Lipinski definition) is 1. The van der Waals surface area contributed by atoms with Crippen LogP contribution in [0.1, 0.15) is 45.4 Å². The first-order chi connectivity index (χ1) is 9.22. The maximum atomic E-state index is 12.3. The van der Waals surface area contributed by atoms with Crippen molar-refractivity contribution in [3.05, 3.63) is 0 Å². The Morgan fingerprint density at radius 2 is 1.79 bits per heavy atom. The standard InChI is InChI=1S/C15H24N2O2/c1-2-8-16-13(10-6-7-10)9-17-14(18)11-4-3-5-12(11)15(17)19/h10-13,16H,2-9H2,1H3. The topological polar surface area (TPSA) is 49.4 Å². The van der Waals surface area contributed by atoms with Crippen LogP contribution in [0.15, 0.2) is 0 Å². The number of nitrogens with one attached hydrogen (secondary N) is 1. The lowest BCUT2D eigenvalue weighted by Gasteiger charge is -2.24. The van der Waals surface area contributed by atoms with Gasteiger partial charge in [0.15, 0.2) is 0 Å². The number of likely N-dealkylation sites (tertiary alicyclic amines) is 1. The van der Waals surface area contributed by atoms with Gasteiger partial charge < -0.3 is 5.32 Å². The summed E-state index contributed by atoms with van der Waals surface area (Å²) in [6, 6.07) is 0.326. The van der Waals surface area contributed by atoms with E-state index < -0.39 is 0 Å². The smallest absolute Gasteiger partial charge is 0.233 e. The summed E-state index contributed by atoms with van der Waals surface area (Å²) in [5.74, 6) is 0.914. The van der Waals surface area contributed by atoms with Crippen LogP contribution in [0.3, 0.4) is 0 Å². The second-order valence-corrected chi connectivity index (χ2v) is 6.33. The Balaban J connectivity index is 1.64. The number of rotatable bonds is 6. The van der Waals surface area contributed by atoms with E-state index in [0.29, 0.717) is 18.5 Å². The van der Waals surface area contributed by atoms with Crippen LogP contribution in [0.2, 0.25) is 0 Å². The summed E-state index contributed by atoms with van der Waals surface area (Å²) in [7, 11) is 0. The molecule has 2 saturated carbocycles. The zero-order valence-corrected chi connectivity index (χ0v) is 11.7. The minimum atomic E-state index is 0.0125. The monoisotopic (exact) mass is 264 g/mol. The molecule has 1 N–H and O–H groups in total. The van der Waals surface area contributed by atoms with Crippen LogP contribution in [0.5, 0.6) is 0 Å². The number of carbonyl (C=O) groups is 2. The fraction of sp³-hybridized carbons (Fsp3) is 0.867. The number of hydrogen-bond acceptors (Lipinski definition) is 3. The molecule has 0 aromatic rings. The summed E-state index contributed by atoms with van der Waals surface area (Å²) in [6.07, 6.45) is 6.45.